The maximum atomic E-state index is 13.0. The molecule has 3 heterocycles. The molecule has 4 rings (SSSR count). The van der Waals surface area contributed by atoms with Gasteiger partial charge in [-0.3, -0.25) is 10.2 Å². The van der Waals surface area contributed by atoms with E-state index < -0.39 is 0 Å². The molecule has 0 bridgehead atoms. The third kappa shape index (κ3) is 4.12. The standard InChI is InChI=1S/C23H36N4O/c1-3-20-14-21(25-24-20)22(28)27-12-10-23(11-13-27)15-19(16-26(4-2)17-23)18-8-6-5-7-9-18/h5-9,19-21,24-25H,3-4,10-17H2,1-2H3. The van der Waals surface area contributed by atoms with Crippen LogP contribution in [0.15, 0.2) is 30.3 Å². The van der Waals surface area contributed by atoms with Gasteiger partial charge in [-0.05, 0) is 55.5 Å². The van der Waals surface area contributed by atoms with E-state index in [4.69, 9.17) is 0 Å². The van der Waals surface area contributed by atoms with E-state index in [1.807, 2.05) is 0 Å². The van der Waals surface area contributed by atoms with Crippen LogP contribution in [0.2, 0.25) is 0 Å². The van der Waals surface area contributed by atoms with Gasteiger partial charge >= 0.3 is 0 Å². The summed E-state index contributed by atoms with van der Waals surface area (Å²) < 4.78 is 0. The Morgan fingerprint density at radius 3 is 2.54 bits per heavy atom. The predicted molar refractivity (Wildman–Crippen MR) is 113 cm³/mol. The van der Waals surface area contributed by atoms with Crippen molar-refractivity contribution in [3.8, 4) is 0 Å². The summed E-state index contributed by atoms with van der Waals surface area (Å²) in [6.45, 7) is 9.74. The molecule has 1 aromatic carbocycles. The number of nitrogens with zero attached hydrogens (tertiary/aromatic N) is 2. The summed E-state index contributed by atoms with van der Waals surface area (Å²) in [6, 6.07) is 11.4. The highest BCUT2D eigenvalue weighted by atomic mass is 16.2. The van der Waals surface area contributed by atoms with Crippen molar-refractivity contribution in [2.45, 2.75) is 64.0 Å². The molecule has 3 atom stereocenters. The van der Waals surface area contributed by atoms with Gasteiger partial charge in [0.15, 0.2) is 0 Å². The van der Waals surface area contributed by atoms with E-state index in [1.54, 1.807) is 0 Å². The molecule has 1 spiro atoms. The first kappa shape index (κ1) is 19.9. The highest BCUT2D eigenvalue weighted by Gasteiger charge is 2.43. The van der Waals surface area contributed by atoms with Gasteiger partial charge in [-0.15, -0.1) is 0 Å². The molecular formula is C23H36N4O. The van der Waals surface area contributed by atoms with E-state index in [0.717, 1.165) is 45.3 Å². The fraction of sp³-hybridized carbons (Fsp3) is 0.696. The van der Waals surface area contributed by atoms with E-state index in [2.05, 4.69) is 64.8 Å². The average Bonchev–Trinajstić information content (AvgIpc) is 3.23. The van der Waals surface area contributed by atoms with Crippen molar-refractivity contribution in [1.82, 2.24) is 20.7 Å². The number of amides is 1. The van der Waals surface area contributed by atoms with Gasteiger partial charge in [0.25, 0.3) is 0 Å². The van der Waals surface area contributed by atoms with E-state index in [1.165, 1.54) is 25.1 Å². The van der Waals surface area contributed by atoms with Gasteiger partial charge in [0.1, 0.15) is 6.04 Å². The van der Waals surface area contributed by atoms with Crippen LogP contribution in [0.3, 0.4) is 0 Å². The minimum Gasteiger partial charge on any atom is -0.341 e. The van der Waals surface area contributed by atoms with Gasteiger partial charge in [-0.2, -0.15) is 0 Å². The van der Waals surface area contributed by atoms with Crippen LogP contribution < -0.4 is 10.9 Å². The van der Waals surface area contributed by atoms with E-state index in [9.17, 15) is 4.79 Å². The Bertz CT molecular complexity index is 656. The topological polar surface area (TPSA) is 47.6 Å². The molecule has 5 heteroatoms. The number of hydrogen-bond acceptors (Lipinski definition) is 4. The molecule has 2 N–H and O–H groups in total. The molecule has 0 saturated carbocycles. The Balaban J connectivity index is 1.40. The molecule has 0 aromatic heterocycles. The van der Waals surface area contributed by atoms with Crippen LogP contribution in [0.25, 0.3) is 0 Å². The summed E-state index contributed by atoms with van der Waals surface area (Å²) in [5.41, 5.74) is 8.32. The number of piperidine rings is 2. The highest BCUT2D eigenvalue weighted by molar-refractivity contribution is 5.82. The zero-order chi connectivity index (χ0) is 19.6. The first-order chi connectivity index (χ1) is 13.6. The zero-order valence-corrected chi connectivity index (χ0v) is 17.5. The summed E-state index contributed by atoms with van der Waals surface area (Å²) in [5, 5.41) is 0. The molecular weight excluding hydrogens is 348 g/mol. The first-order valence-electron chi connectivity index (χ1n) is 11.2. The molecule has 28 heavy (non-hydrogen) atoms. The molecule has 1 amide bonds. The third-order valence-corrected chi connectivity index (χ3v) is 7.34. The van der Waals surface area contributed by atoms with Crippen molar-refractivity contribution >= 4 is 5.91 Å². The fourth-order valence-corrected chi connectivity index (χ4v) is 5.53. The smallest absolute Gasteiger partial charge is 0.241 e. The maximum absolute atomic E-state index is 13.0. The summed E-state index contributed by atoms with van der Waals surface area (Å²) in [4.78, 5) is 17.7. The Morgan fingerprint density at radius 2 is 1.89 bits per heavy atom. The summed E-state index contributed by atoms with van der Waals surface area (Å²) in [6.07, 6.45) is 5.51. The summed E-state index contributed by atoms with van der Waals surface area (Å²) in [7, 11) is 0. The minimum absolute atomic E-state index is 0.0467. The van der Waals surface area contributed by atoms with Crippen LogP contribution in [-0.4, -0.2) is 60.5 Å². The number of likely N-dealkylation sites (N-methyl/N-ethyl adjacent to an activating group) is 1. The van der Waals surface area contributed by atoms with Crippen LogP contribution in [-0.2, 0) is 4.79 Å². The van der Waals surface area contributed by atoms with Crippen LogP contribution >= 0.6 is 0 Å². The molecule has 3 unspecified atom stereocenters. The fourth-order valence-electron chi connectivity index (χ4n) is 5.53. The van der Waals surface area contributed by atoms with Crippen LogP contribution in [0.4, 0.5) is 0 Å². The Kier molecular flexibility index (Phi) is 6.04. The minimum atomic E-state index is -0.0467. The second-order valence-electron chi connectivity index (χ2n) is 9.15. The van der Waals surface area contributed by atoms with Crippen LogP contribution in [0.5, 0.6) is 0 Å². The van der Waals surface area contributed by atoms with Crippen molar-refractivity contribution < 1.29 is 4.79 Å². The normalized spacial score (nSPS) is 30.6. The number of hydrazine groups is 1. The zero-order valence-electron chi connectivity index (χ0n) is 17.5. The lowest BCUT2D eigenvalue weighted by atomic mass is 9.68. The Hall–Kier alpha value is -1.43. The van der Waals surface area contributed by atoms with E-state index >= 15 is 0 Å². The molecule has 0 radical (unpaired) electrons. The maximum Gasteiger partial charge on any atom is 0.241 e. The molecule has 3 aliphatic rings. The monoisotopic (exact) mass is 384 g/mol. The first-order valence-corrected chi connectivity index (χ1v) is 11.2. The lowest BCUT2D eigenvalue weighted by molar-refractivity contribution is -0.136. The Morgan fingerprint density at radius 1 is 1.14 bits per heavy atom. The SMILES string of the molecule is CCC1CC(C(=O)N2CCC3(CC2)CC(c2ccccc2)CN(CC)C3)NN1. The summed E-state index contributed by atoms with van der Waals surface area (Å²) in [5.74, 6) is 0.907. The van der Waals surface area contributed by atoms with Crippen molar-refractivity contribution in [2.75, 3.05) is 32.7 Å². The second kappa shape index (κ2) is 8.52. The van der Waals surface area contributed by atoms with Crippen molar-refractivity contribution in [3.63, 3.8) is 0 Å². The van der Waals surface area contributed by atoms with Gasteiger partial charge in [0.2, 0.25) is 5.91 Å². The number of hydrogen-bond donors (Lipinski definition) is 2. The van der Waals surface area contributed by atoms with Gasteiger partial charge in [-0.1, -0.05) is 44.2 Å². The lowest BCUT2D eigenvalue weighted by Crippen LogP contribution is -2.54. The number of likely N-dealkylation sites (tertiary alicyclic amines) is 2. The quantitative estimate of drug-likeness (QED) is 0.838. The third-order valence-electron chi connectivity index (χ3n) is 7.34. The van der Waals surface area contributed by atoms with E-state index in [-0.39, 0.29) is 6.04 Å². The van der Waals surface area contributed by atoms with Crippen molar-refractivity contribution in [1.29, 1.82) is 0 Å². The van der Waals surface area contributed by atoms with E-state index in [0.29, 0.717) is 23.3 Å². The van der Waals surface area contributed by atoms with Gasteiger partial charge < -0.3 is 9.80 Å². The lowest BCUT2D eigenvalue weighted by Gasteiger charge is -2.50. The second-order valence-corrected chi connectivity index (χ2v) is 9.15. The molecule has 5 nitrogen and oxygen atoms in total. The van der Waals surface area contributed by atoms with Crippen molar-refractivity contribution in [3.05, 3.63) is 35.9 Å². The molecule has 0 aliphatic carbocycles. The summed E-state index contributed by atoms with van der Waals surface area (Å²) >= 11 is 0. The predicted octanol–water partition coefficient (Wildman–Crippen LogP) is 2.75. The van der Waals surface area contributed by atoms with Crippen LogP contribution in [0.1, 0.15) is 57.4 Å². The number of benzene rings is 1. The van der Waals surface area contributed by atoms with Gasteiger partial charge in [0, 0.05) is 32.2 Å². The van der Waals surface area contributed by atoms with Gasteiger partial charge in [-0.25, -0.2) is 5.43 Å². The number of rotatable bonds is 4. The molecule has 154 valence electrons. The average molecular weight is 385 g/mol. The Labute approximate surface area is 169 Å². The largest absolute Gasteiger partial charge is 0.341 e. The van der Waals surface area contributed by atoms with Gasteiger partial charge in [0.05, 0.1) is 0 Å². The number of nitrogens with one attached hydrogen (secondary N) is 2. The number of carbonyl (C=O) groups excluding carboxylic acids is 1. The number of carbonyl (C=O) groups is 1. The molecule has 3 saturated heterocycles. The molecule has 3 fully saturated rings. The molecule has 1 aromatic rings. The molecule has 3 aliphatic heterocycles. The van der Waals surface area contributed by atoms with Crippen LogP contribution in [0, 0.1) is 5.41 Å². The van der Waals surface area contributed by atoms with Crippen molar-refractivity contribution in [2.24, 2.45) is 5.41 Å². The highest BCUT2D eigenvalue weighted by Crippen LogP contribution is 2.45.